The molecule has 10 heteroatoms. The van der Waals surface area contributed by atoms with Crippen molar-refractivity contribution in [3.8, 4) is 5.75 Å². The van der Waals surface area contributed by atoms with Crippen LogP contribution in [-0.4, -0.2) is 69.1 Å². The van der Waals surface area contributed by atoms with Crippen molar-refractivity contribution in [1.29, 1.82) is 0 Å². The van der Waals surface area contributed by atoms with E-state index < -0.39 is 42.3 Å². The fourth-order valence-electron chi connectivity index (χ4n) is 3.97. The van der Waals surface area contributed by atoms with Crippen LogP contribution >= 0.6 is 11.6 Å². The minimum Gasteiger partial charge on any atom is -0.497 e. The summed E-state index contributed by atoms with van der Waals surface area (Å²) in [5, 5.41) is 53.3. The van der Waals surface area contributed by atoms with E-state index in [2.05, 4.69) is 0 Å². The second-order valence-corrected chi connectivity index (χ2v) is 8.76. The predicted molar refractivity (Wildman–Crippen MR) is 121 cm³/mol. The smallest absolute Gasteiger partial charge is 0.302 e. The lowest BCUT2D eigenvalue weighted by atomic mass is 9.83. The summed E-state index contributed by atoms with van der Waals surface area (Å²) in [5.41, 5.74) is 1.56. The maximum absolute atomic E-state index is 11.5. The largest absolute Gasteiger partial charge is 0.497 e. The summed E-state index contributed by atoms with van der Waals surface area (Å²) >= 11 is 6.58. The molecule has 0 bridgehead atoms. The highest BCUT2D eigenvalue weighted by Gasteiger charge is 2.55. The molecule has 0 saturated carbocycles. The van der Waals surface area contributed by atoms with Crippen molar-refractivity contribution in [2.24, 2.45) is 0 Å². The van der Waals surface area contributed by atoms with E-state index in [9.17, 15) is 30.3 Å². The van der Waals surface area contributed by atoms with Gasteiger partial charge in [-0.25, -0.2) is 0 Å². The van der Waals surface area contributed by atoms with Crippen LogP contribution in [0.15, 0.2) is 36.4 Å². The van der Waals surface area contributed by atoms with Crippen molar-refractivity contribution in [2.75, 3.05) is 7.11 Å². The number of hydrogen-bond donors (Lipinski definition) is 5. The molecule has 1 aliphatic rings. The Morgan fingerprint density at radius 1 is 1.15 bits per heavy atom. The Morgan fingerprint density at radius 3 is 2.35 bits per heavy atom. The van der Waals surface area contributed by atoms with Gasteiger partial charge in [-0.15, -0.1) is 0 Å². The van der Waals surface area contributed by atoms with E-state index in [0.717, 1.165) is 5.56 Å². The Morgan fingerprint density at radius 2 is 1.79 bits per heavy atom. The number of carbonyl (C=O) groups is 1. The van der Waals surface area contributed by atoms with E-state index in [-0.39, 0.29) is 23.6 Å². The Labute approximate surface area is 202 Å². The van der Waals surface area contributed by atoms with Crippen molar-refractivity contribution in [2.45, 2.75) is 63.2 Å². The highest BCUT2D eigenvalue weighted by atomic mass is 35.5. The van der Waals surface area contributed by atoms with Gasteiger partial charge >= 0.3 is 5.97 Å². The molecule has 0 amide bonds. The molecule has 0 spiro atoms. The van der Waals surface area contributed by atoms with E-state index in [1.807, 2.05) is 0 Å². The number of methoxy groups -OCH3 is 1. The number of aliphatic hydroxyl groups is 5. The third-order valence-electron chi connectivity index (χ3n) is 5.83. The van der Waals surface area contributed by atoms with Gasteiger partial charge in [0.05, 0.1) is 13.2 Å². The first kappa shape index (κ1) is 26.4. The molecule has 2 aromatic carbocycles. The summed E-state index contributed by atoms with van der Waals surface area (Å²) in [6.45, 7) is 2.40. The Bertz CT molecular complexity index is 1010. The molecule has 1 aliphatic heterocycles. The van der Waals surface area contributed by atoms with Crippen LogP contribution in [0.5, 0.6) is 5.75 Å². The van der Waals surface area contributed by atoms with Crippen LogP contribution in [-0.2, 0) is 33.1 Å². The van der Waals surface area contributed by atoms with Gasteiger partial charge in [0.15, 0.2) is 0 Å². The molecule has 6 atom stereocenters. The minimum absolute atomic E-state index is 0.00192. The molecular weight excluding hydrogens is 468 g/mol. The van der Waals surface area contributed by atoms with Crippen LogP contribution in [0.2, 0.25) is 5.02 Å². The highest BCUT2D eigenvalue weighted by molar-refractivity contribution is 6.31. The van der Waals surface area contributed by atoms with Gasteiger partial charge in [0, 0.05) is 17.5 Å². The number of rotatable bonds is 7. The van der Waals surface area contributed by atoms with Gasteiger partial charge < -0.3 is 39.7 Å². The summed E-state index contributed by atoms with van der Waals surface area (Å²) in [6, 6.07) is 10.1. The zero-order valence-corrected chi connectivity index (χ0v) is 19.8. The van der Waals surface area contributed by atoms with Crippen molar-refractivity contribution in [3.05, 3.63) is 63.7 Å². The van der Waals surface area contributed by atoms with E-state index >= 15 is 0 Å². The van der Waals surface area contributed by atoms with Gasteiger partial charge in [-0.2, -0.15) is 0 Å². The molecule has 0 aliphatic carbocycles. The standard InChI is InChI=1S/C24H29ClO9/c1-12(26)22-20(28)21(29)23(30)24(31,34-22)18-9-15(11-33-13(2)27)10-19(25)17(18)8-14-4-6-16(32-3)7-5-14/h4-7,9-10,12,20-23,26,28-31H,8,11H2,1-3H3/t12-,20-,21-,22+,23+,24+/m0/s1. The molecule has 1 heterocycles. The van der Waals surface area contributed by atoms with Gasteiger partial charge in [0.1, 0.15) is 36.8 Å². The van der Waals surface area contributed by atoms with Crippen LogP contribution in [0.1, 0.15) is 36.1 Å². The first-order chi connectivity index (χ1) is 16.0. The molecule has 0 aromatic heterocycles. The molecule has 34 heavy (non-hydrogen) atoms. The Balaban J connectivity index is 2.13. The molecule has 9 nitrogen and oxygen atoms in total. The monoisotopic (exact) mass is 496 g/mol. The zero-order chi connectivity index (χ0) is 25.2. The molecule has 0 radical (unpaired) electrons. The average Bonchev–Trinajstić information content (AvgIpc) is 2.80. The van der Waals surface area contributed by atoms with Crippen LogP contribution in [0.4, 0.5) is 0 Å². The molecule has 5 N–H and O–H groups in total. The first-order valence-electron chi connectivity index (χ1n) is 10.7. The van der Waals surface area contributed by atoms with Crippen LogP contribution in [0.3, 0.4) is 0 Å². The molecule has 186 valence electrons. The first-order valence-corrected chi connectivity index (χ1v) is 11.1. The summed E-state index contributed by atoms with van der Waals surface area (Å²) in [5.74, 6) is -2.42. The maximum atomic E-state index is 11.5. The van der Waals surface area contributed by atoms with E-state index in [0.29, 0.717) is 16.9 Å². The normalized spacial score (nSPS) is 27.8. The molecule has 1 saturated heterocycles. The fraction of sp³-hybridized carbons (Fsp3) is 0.458. The third kappa shape index (κ3) is 5.36. The van der Waals surface area contributed by atoms with Crippen LogP contribution in [0.25, 0.3) is 0 Å². The van der Waals surface area contributed by atoms with Gasteiger partial charge in [-0.1, -0.05) is 23.7 Å². The molecule has 1 fully saturated rings. The summed E-state index contributed by atoms with van der Waals surface area (Å²) in [7, 11) is 1.54. The third-order valence-corrected chi connectivity index (χ3v) is 6.16. The van der Waals surface area contributed by atoms with E-state index in [1.165, 1.54) is 19.9 Å². The number of ether oxygens (including phenoxy) is 3. The van der Waals surface area contributed by atoms with Gasteiger partial charge in [-0.3, -0.25) is 4.79 Å². The van der Waals surface area contributed by atoms with Crippen molar-refractivity contribution >= 4 is 17.6 Å². The SMILES string of the molecule is COc1ccc(Cc2c(Cl)cc(COC(C)=O)cc2[C@@]2(O)O[C@H]([C@H](C)O)[C@@H](O)[C@H](O)[C@H]2O)cc1. The van der Waals surface area contributed by atoms with Crippen LogP contribution < -0.4 is 4.74 Å². The van der Waals surface area contributed by atoms with E-state index in [4.69, 9.17) is 25.8 Å². The predicted octanol–water partition coefficient (Wildman–Crippen LogP) is 1.01. The highest BCUT2D eigenvalue weighted by Crippen LogP contribution is 2.41. The lowest BCUT2D eigenvalue weighted by molar-refractivity contribution is -0.364. The van der Waals surface area contributed by atoms with Crippen LogP contribution in [0, 0.1) is 0 Å². The summed E-state index contributed by atoms with van der Waals surface area (Å²) in [6.07, 6.45) is -7.96. The average molecular weight is 497 g/mol. The Kier molecular flexibility index (Phi) is 8.20. The van der Waals surface area contributed by atoms with Gasteiger partial charge in [0.2, 0.25) is 5.79 Å². The lowest BCUT2D eigenvalue weighted by Gasteiger charge is -2.47. The number of aliphatic hydroxyl groups excluding tert-OH is 4. The molecule has 3 rings (SSSR count). The fourth-order valence-corrected chi connectivity index (χ4v) is 4.28. The van der Waals surface area contributed by atoms with Crippen molar-refractivity contribution < 1.29 is 44.5 Å². The number of hydrogen-bond acceptors (Lipinski definition) is 9. The van der Waals surface area contributed by atoms with Gasteiger partial charge in [-0.05, 0) is 54.3 Å². The quantitative estimate of drug-likeness (QED) is 0.354. The second kappa shape index (κ2) is 10.6. The van der Waals surface area contributed by atoms with Gasteiger partial charge in [0.25, 0.3) is 0 Å². The summed E-state index contributed by atoms with van der Waals surface area (Å²) in [4.78, 5) is 11.3. The Hall–Kier alpha value is -2.24. The molecule has 0 unspecified atom stereocenters. The summed E-state index contributed by atoms with van der Waals surface area (Å²) < 4.78 is 15.8. The number of benzene rings is 2. The van der Waals surface area contributed by atoms with Crippen molar-refractivity contribution in [1.82, 2.24) is 0 Å². The minimum atomic E-state index is -2.54. The lowest BCUT2D eigenvalue weighted by Crippen LogP contribution is -2.65. The zero-order valence-electron chi connectivity index (χ0n) is 19.0. The maximum Gasteiger partial charge on any atom is 0.302 e. The number of halogens is 1. The molecular formula is C24H29ClO9. The molecule has 2 aromatic rings. The topological polar surface area (TPSA) is 146 Å². The second-order valence-electron chi connectivity index (χ2n) is 8.35. The van der Waals surface area contributed by atoms with Crippen molar-refractivity contribution in [3.63, 3.8) is 0 Å². The van der Waals surface area contributed by atoms with E-state index in [1.54, 1.807) is 37.4 Å². The number of esters is 1. The number of carbonyl (C=O) groups excluding carboxylic acids is 1.